The zero-order valence-corrected chi connectivity index (χ0v) is 12.4. The van der Waals surface area contributed by atoms with Gasteiger partial charge < -0.3 is 20.1 Å². The van der Waals surface area contributed by atoms with Gasteiger partial charge in [0.2, 0.25) is 5.91 Å². The standard InChI is InChI=1S/C12H19N3O4S/c1-18-6-5-13-10(16)3-4-14-12-15-9(8-20-12)7-11(17)19-2/h8H,3-7H2,1-2H3,(H,13,16)(H,14,15). The summed E-state index contributed by atoms with van der Waals surface area (Å²) >= 11 is 1.39. The number of hydrogen-bond donors (Lipinski definition) is 2. The molecule has 0 saturated heterocycles. The Morgan fingerprint density at radius 1 is 1.35 bits per heavy atom. The van der Waals surface area contributed by atoms with Crippen LogP contribution in [0.5, 0.6) is 0 Å². The fourth-order valence-corrected chi connectivity index (χ4v) is 2.09. The molecule has 1 rings (SSSR count). The number of rotatable bonds is 9. The monoisotopic (exact) mass is 301 g/mol. The summed E-state index contributed by atoms with van der Waals surface area (Å²) in [5.41, 5.74) is 0.661. The summed E-state index contributed by atoms with van der Waals surface area (Å²) in [5, 5.41) is 8.25. The zero-order chi connectivity index (χ0) is 14.8. The number of aromatic nitrogens is 1. The summed E-state index contributed by atoms with van der Waals surface area (Å²) in [7, 11) is 2.93. The van der Waals surface area contributed by atoms with Crippen LogP contribution in [0, 0.1) is 0 Å². The summed E-state index contributed by atoms with van der Waals surface area (Å²) in [5.74, 6) is -0.361. The van der Waals surface area contributed by atoms with E-state index in [1.165, 1.54) is 18.4 Å². The van der Waals surface area contributed by atoms with Crippen LogP contribution in [0.1, 0.15) is 12.1 Å². The first kappa shape index (κ1) is 16.4. The summed E-state index contributed by atoms with van der Waals surface area (Å²) in [6.45, 7) is 1.50. The van der Waals surface area contributed by atoms with Crippen molar-refractivity contribution in [2.24, 2.45) is 0 Å². The Morgan fingerprint density at radius 2 is 2.15 bits per heavy atom. The van der Waals surface area contributed by atoms with Gasteiger partial charge in [0.05, 0.1) is 25.8 Å². The van der Waals surface area contributed by atoms with E-state index in [0.717, 1.165) is 0 Å². The molecule has 1 aromatic heterocycles. The van der Waals surface area contributed by atoms with Gasteiger partial charge in [0.15, 0.2) is 5.13 Å². The first-order chi connectivity index (χ1) is 9.65. The molecule has 1 aromatic rings. The maximum Gasteiger partial charge on any atom is 0.311 e. The normalized spacial score (nSPS) is 10.1. The van der Waals surface area contributed by atoms with Crippen molar-refractivity contribution in [3.05, 3.63) is 11.1 Å². The molecular weight excluding hydrogens is 282 g/mol. The van der Waals surface area contributed by atoms with E-state index in [4.69, 9.17) is 4.74 Å². The Bertz CT molecular complexity index is 436. The number of nitrogens with zero attached hydrogens (tertiary/aromatic N) is 1. The summed E-state index contributed by atoms with van der Waals surface area (Å²) in [6, 6.07) is 0. The van der Waals surface area contributed by atoms with Gasteiger partial charge in [-0.05, 0) is 0 Å². The van der Waals surface area contributed by atoms with Gasteiger partial charge in [0.25, 0.3) is 0 Å². The first-order valence-electron chi connectivity index (χ1n) is 6.16. The van der Waals surface area contributed by atoms with Crippen LogP contribution < -0.4 is 10.6 Å². The molecular formula is C12H19N3O4S. The van der Waals surface area contributed by atoms with Crippen molar-refractivity contribution in [2.75, 3.05) is 39.2 Å². The van der Waals surface area contributed by atoms with Gasteiger partial charge in [-0.3, -0.25) is 9.59 Å². The number of carbonyl (C=O) groups excluding carboxylic acids is 2. The summed E-state index contributed by atoms with van der Waals surface area (Å²) in [4.78, 5) is 26.7. The quantitative estimate of drug-likeness (QED) is 0.508. The van der Waals surface area contributed by atoms with E-state index in [-0.39, 0.29) is 18.3 Å². The predicted molar refractivity (Wildman–Crippen MR) is 75.8 cm³/mol. The number of hydrogen-bond acceptors (Lipinski definition) is 7. The number of nitrogens with one attached hydrogen (secondary N) is 2. The summed E-state index contributed by atoms with van der Waals surface area (Å²) in [6.07, 6.45) is 0.516. The van der Waals surface area contributed by atoms with Crippen LogP contribution in [-0.2, 0) is 25.5 Å². The molecule has 0 radical (unpaired) electrons. The lowest BCUT2D eigenvalue weighted by atomic mass is 10.3. The molecule has 0 aliphatic rings. The summed E-state index contributed by atoms with van der Waals surface area (Å²) < 4.78 is 9.40. The minimum atomic E-state index is -0.320. The Kier molecular flexibility index (Phi) is 7.59. The van der Waals surface area contributed by atoms with Gasteiger partial charge >= 0.3 is 5.97 Å². The molecule has 0 bridgehead atoms. The fraction of sp³-hybridized carbons (Fsp3) is 0.583. The second-order valence-corrected chi connectivity index (χ2v) is 4.77. The first-order valence-corrected chi connectivity index (χ1v) is 7.04. The molecule has 0 unspecified atom stereocenters. The fourth-order valence-electron chi connectivity index (χ4n) is 1.35. The van der Waals surface area contributed by atoms with Gasteiger partial charge in [-0.1, -0.05) is 0 Å². The van der Waals surface area contributed by atoms with Crippen molar-refractivity contribution in [2.45, 2.75) is 12.8 Å². The highest BCUT2D eigenvalue weighted by Gasteiger charge is 2.07. The molecule has 0 aliphatic heterocycles. The average molecular weight is 301 g/mol. The van der Waals surface area contributed by atoms with Crippen molar-refractivity contribution in [3.63, 3.8) is 0 Å². The number of thiazole rings is 1. The molecule has 2 N–H and O–H groups in total. The van der Waals surface area contributed by atoms with Crippen molar-refractivity contribution in [3.8, 4) is 0 Å². The SMILES string of the molecule is COCCNC(=O)CCNc1nc(CC(=O)OC)cs1. The van der Waals surface area contributed by atoms with Crippen molar-refractivity contribution < 1.29 is 19.1 Å². The third-order valence-electron chi connectivity index (χ3n) is 2.36. The predicted octanol–water partition coefficient (Wildman–Crippen LogP) is 0.423. The largest absolute Gasteiger partial charge is 0.469 e. The Hall–Kier alpha value is -1.67. The van der Waals surface area contributed by atoms with E-state index in [1.54, 1.807) is 12.5 Å². The van der Waals surface area contributed by atoms with Crippen molar-refractivity contribution in [1.82, 2.24) is 10.3 Å². The van der Waals surface area contributed by atoms with Crippen LogP contribution in [-0.4, -0.2) is 50.8 Å². The van der Waals surface area contributed by atoms with Gasteiger partial charge in [-0.15, -0.1) is 11.3 Å². The molecule has 0 fully saturated rings. The highest BCUT2D eigenvalue weighted by atomic mass is 32.1. The van der Waals surface area contributed by atoms with Gasteiger partial charge in [0.1, 0.15) is 0 Å². The molecule has 0 atom stereocenters. The Balaban J connectivity index is 2.22. The number of amides is 1. The van der Waals surface area contributed by atoms with Crippen LogP contribution in [0.2, 0.25) is 0 Å². The molecule has 112 valence electrons. The number of methoxy groups -OCH3 is 2. The van der Waals surface area contributed by atoms with Crippen molar-refractivity contribution in [1.29, 1.82) is 0 Å². The molecule has 8 heteroatoms. The third kappa shape index (κ3) is 6.48. The molecule has 1 heterocycles. The van der Waals surface area contributed by atoms with Crippen LogP contribution in [0.4, 0.5) is 5.13 Å². The molecule has 0 saturated carbocycles. The number of ether oxygens (including phenoxy) is 2. The smallest absolute Gasteiger partial charge is 0.311 e. The molecule has 7 nitrogen and oxygen atoms in total. The maximum absolute atomic E-state index is 11.4. The molecule has 0 aliphatic carbocycles. The minimum absolute atomic E-state index is 0.0408. The maximum atomic E-state index is 11.4. The van der Waals surface area contributed by atoms with Crippen molar-refractivity contribution >= 4 is 28.3 Å². The zero-order valence-electron chi connectivity index (χ0n) is 11.6. The highest BCUT2D eigenvalue weighted by molar-refractivity contribution is 7.13. The van der Waals surface area contributed by atoms with Gasteiger partial charge in [-0.2, -0.15) is 0 Å². The van der Waals surface area contributed by atoms with Gasteiger partial charge in [-0.25, -0.2) is 4.98 Å². The third-order valence-corrected chi connectivity index (χ3v) is 3.21. The number of anilines is 1. The minimum Gasteiger partial charge on any atom is -0.469 e. The molecule has 0 spiro atoms. The van der Waals surface area contributed by atoms with Crippen LogP contribution in [0.3, 0.4) is 0 Å². The number of carbonyl (C=O) groups is 2. The van der Waals surface area contributed by atoms with E-state index in [9.17, 15) is 9.59 Å². The molecule has 1 amide bonds. The highest BCUT2D eigenvalue weighted by Crippen LogP contribution is 2.15. The number of esters is 1. The van der Waals surface area contributed by atoms with E-state index in [0.29, 0.717) is 36.9 Å². The van der Waals surface area contributed by atoms with E-state index in [2.05, 4.69) is 20.4 Å². The second-order valence-electron chi connectivity index (χ2n) is 3.92. The van der Waals surface area contributed by atoms with Gasteiger partial charge in [0, 0.05) is 32.0 Å². The second kappa shape index (κ2) is 9.27. The topological polar surface area (TPSA) is 89.5 Å². The van der Waals surface area contributed by atoms with Crippen LogP contribution in [0.25, 0.3) is 0 Å². The Morgan fingerprint density at radius 3 is 2.85 bits per heavy atom. The molecule has 20 heavy (non-hydrogen) atoms. The molecule has 0 aromatic carbocycles. The van der Waals surface area contributed by atoms with E-state index >= 15 is 0 Å². The lowest BCUT2D eigenvalue weighted by Crippen LogP contribution is -2.28. The Labute approximate surface area is 121 Å². The lowest BCUT2D eigenvalue weighted by Gasteiger charge is -2.04. The van der Waals surface area contributed by atoms with E-state index < -0.39 is 0 Å². The van der Waals surface area contributed by atoms with Crippen LogP contribution >= 0.6 is 11.3 Å². The van der Waals surface area contributed by atoms with E-state index in [1.807, 2.05) is 0 Å². The lowest BCUT2D eigenvalue weighted by molar-refractivity contribution is -0.139. The average Bonchev–Trinajstić information content (AvgIpc) is 2.86. The van der Waals surface area contributed by atoms with Crippen LogP contribution in [0.15, 0.2) is 5.38 Å².